The van der Waals surface area contributed by atoms with Crippen molar-refractivity contribution in [3.63, 3.8) is 0 Å². The fourth-order valence-corrected chi connectivity index (χ4v) is 2.33. The topological polar surface area (TPSA) is 74.6 Å². The molecule has 2 N–H and O–H groups in total. The van der Waals surface area contributed by atoms with E-state index < -0.39 is 17.5 Å². The smallest absolute Gasteiger partial charge is 0.337 e. The first kappa shape index (κ1) is 15.1. The van der Waals surface area contributed by atoms with Gasteiger partial charge in [-0.15, -0.1) is 11.6 Å². The number of rotatable bonds is 5. The Bertz CT molecular complexity index is 473. The molecule has 0 bridgehead atoms. The van der Waals surface area contributed by atoms with Gasteiger partial charge in [0.25, 0.3) is 0 Å². The average Bonchev–Trinajstić information content (AvgIpc) is 2.35. The third-order valence-electron chi connectivity index (χ3n) is 2.50. The lowest BCUT2D eigenvalue weighted by Crippen LogP contribution is -2.17. The van der Waals surface area contributed by atoms with Crippen LogP contribution in [0.25, 0.3) is 0 Å². The number of hydrogen-bond donors (Lipinski definition) is 2. The minimum absolute atomic E-state index is 0.197. The van der Waals surface area contributed by atoms with Crippen LogP contribution in [0, 0.1) is 0 Å². The van der Waals surface area contributed by atoms with Crippen molar-refractivity contribution in [2.75, 3.05) is 0 Å². The van der Waals surface area contributed by atoms with Gasteiger partial charge < -0.3 is 10.2 Å². The minimum Gasteiger partial charge on any atom is -0.479 e. The molecule has 6 heteroatoms. The van der Waals surface area contributed by atoms with E-state index in [1.807, 2.05) is 0 Å². The van der Waals surface area contributed by atoms with Crippen molar-refractivity contribution in [2.24, 2.45) is 0 Å². The van der Waals surface area contributed by atoms with E-state index in [0.717, 1.165) is 0 Å². The maximum absolute atomic E-state index is 11.9. The van der Waals surface area contributed by atoms with Crippen LogP contribution in [0.1, 0.15) is 34.5 Å². The molecule has 0 aliphatic carbocycles. The van der Waals surface area contributed by atoms with Crippen molar-refractivity contribution < 1.29 is 19.8 Å². The SMILES string of the molecule is CC(Cl)C(=O)c1cccc(C(O)C(=O)O)c1CBr. The Morgan fingerprint density at radius 1 is 1.44 bits per heavy atom. The van der Waals surface area contributed by atoms with Gasteiger partial charge in [-0.2, -0.15) is 0 Å². The summed E-state index contributed by atoms with van der Waals surface area (Å²) in [6.45, 7) is 1.54. The Labute approximate surface area is 118 Å². The average molecular weight is 336 g/mol. The number of Topliss-reactive ketones (excluding diaryl/α,β-unsaturated/α-hetero) is 1. The number of aliphatic hydroxyl groups is 1. The van der Waals surface area contributed by atoms with Gasteiger partial charge in [-0.05, 0) is 18.1 Å². The normalized spacial score (nSPS) is 14.0. The monoisotopic (exact) mass is 334 g/mol. The summed E-state index contributed by atoms with van der Waals surface area (Å²) in [5.74, 6) is -1.66. The molecule has 18 heavy (non-hydrogen) atoms. The maximum Gasteiger partial charge on any atom is 0.337 e. The molecular formula is C12H12BrClO4. The zero-order valence-corrected chi connectivity index (χ0v) is 11.9. The molecule has 0 spiro atoms. The first-order valence-electron chi connectivity index (χ1n) is 5.17. The number of carbonyl (C=O) groups excluding carboxylic acids is 1. The summed E-state index contributed by atoms with van der Waals surface area (Å²) in [5, 5.41) is 18.0. The molecule has 1 aromatic carbocycles. The Kier molecular flexibility index (Phi) is 5.31. The summed E-state index contributed by atoms with van der Waals surface area (Å²) < 4.78 is 0. The minimum atomic E-state index is -1.66. The van der Waals surface area contributed by atoms with Crippen LogP contribution in [-0.4, -0.2) is 27.3 Å². The summed E-state index contributed by atoms with van der Waals surface area (Å²) in [6.07, 6.45) is -1.66. The molecule has 0 aliphatic rings. The van der Waals surface area contributed by atoms with Gasteiger partial charge in [-0.25, -0.2) is 4.79 Å². The Balaban J connectivity index is 3.35. The van der Waals surface area contributed by atoms with Gasteiger partial charge in [0, 0.05) is 10.9 Å². The molecule has 0 radical (unpaired) electrons. The molecule has 1 rings (SSSR count). The zero-order valence-electron chi connectivity index (χ0n) is 9.56. The highest BCUT2D eigenvalue weighted by Crippen LogP contribution is 2.26. The van der Waals surface area contributed by atoms with Crippen LogP contribution >= 0.6 is 27.5 Å². The Hall–Kier alpha value is -0.910. The van der Waals surface area contributed by atoms with Gasteiger partial charge >= 0.3 is 5.97 Å². The third-order valence-corrected chi connectivity index (χ3v) is 3.26. The number of carbonyl (C=O) groups is 2. The van der Waals surface area contributed by atoms with Gasteiger partial charge in [-0.3, -0.25) is 4.79 Å². The molecular weight excluding hydrogens is 323 g/mol. The number of aliphatic hydroxyl groups excluding tert-OH is 1. The molecule has 2 unspecified atom stereocenters. The van der Waals surface area contributed by atoms with Gasteiger partial charge in [0.1, 0.15) is 0 Å². The summed E-state index contributed by atoms with van der Waals surface area (Å²) in [5.41, 5.74) is 0.972. The zero-order chi connectivity index (χ0) is 13.9. The van der Waals surface area contributed by atoms with Crippen LogP contribution in [0.5, 0.6) is 0 Å². The molecule has 0 saturated carbocycles. The molecule has 0 fully saturated rings. The summed E-state index contributed by atoms with van der Waals surface area (Å²) in [4.78, 5) is 22.7. The van der Waals surface area contributed by atoms with E-state index in [1.54, 1.807) is 13.0 Å². The van der Waals surface area contributed by atoms with E-state index in [9.17, 15) is 14.7 Å². The second-order valence-corrected chi connectivity index (χ2v) is 4.94. The van der Waals surface area contributed by atoms with E-state index >= 15 is 0 Å². The lowest BCUT2D eigenvalue weighted by molar-refractivity contribution is -0.147. The predicted molar refractivity (Wildman–Crippen MR) is 71.3 cm³/mol. The van der Waals surface area contributed by atoms with Crippen LogP contribution in [0.2, 0.25) is 0 Å². The highest BCUT2D eigenvalue weighted by atomic mass is 79.9. The number of benzene rings is 1. The van der Waals surface area contributed by atoms with Crippen LogP contribution in [0.3, 0.4) is 0 Å². The fraction of sp³-hybridized carbons (Fsp3) is 0.333. The summed E-state index contributed by atoms with van der Waals surface area (Å²) in [7, 11) is 0. The second-order valence-electron chi connectivity index (χ2n) is 3.73. The number of aliphatic carboxylic acids is 1. The molecule has 0 saturated heterocycles. The fourth-order valence-electron chi connectivity index (χ4n) is 1.59. The quantitative estimate of drug-likeness (QED) is 0.640. The van der Waals surface area contributed by atoms with Gasteiger partial charge in [-0.1, -0.05) is 34.1 Å². The highest BCUT2D eigenvalue weighted by Gasteiger charge is 2.24. The highest BCUT2D eigenvalue weighted by molar-refractivity contribution is 9.08. The predicted octanol–water partition coefficient (Wildman–Crippen LogP) is 2.51. The standard InChI is InChI=1S/C12H12BrClO4/c1-6(14)10(15)7-3-2-4-8(9(7)5-13)11(16)12(17)18/h2-4,6,11,16H,5H2,1H3,(H,17,18). The molecule has 0 aliphatic heterocycles. The third kappa shape index (κ3) is 3.10. The van der Waals surface area contributed by atoms with Crippen molar-refractivity contribution in [3.8, 4) is 0 Å². The van der Waals surface area contributed by atoms with E-state index in [2.05, 4.69) is 15.9 Å². The largest absolute Gasteiger partial charge is 0.479 e. The van der Waals surface area contributed by atoms with Gasteiger partial charge in [0.05, 0.1) is 5.38 Å². The van der Waals surface area contributed by atoms with Crippen LogP contribution in [-0.2, 0) is 10.1 Å². The Morgan fingerprint density at radius 2 is 2.06 bits per heavy atom. The summed E-state index contributed by atoms with van der Waals surface area (Å²) in [6, 6.07) is 4.57. The van der Waals surface area contributed by atoms with Crippen molar-refractivity contribution in [1.29, 1.82) is 0 Å². The maximum atomic E-state index is 11.9. The number of carboxylic acid groups (broad SMARTS) is 1. The van der Waals surface area contributed by atoms with E-state index in [0.29, 0.717) is 11.1 Å². The van der Waals surface area contributed by atoms with Crippen molar-refractivity contribution >= 4 is 39.3 Å². The number of alkyl halides is 2. The number of hydrogen-bond acceptors (Lipinski definition) is 3. The van der Waals surface area contributed by atoms with Crippen LogP contribution < -0.4 is 0 Å². The van der Waals surface area contributed by atoms with E-state index in [4.69, 9.17) is 16.7 Å². The van der Waals surface area contributed by atoms with Crippen LogP contribution in [0.4, 0.5) is 0 Å². The Morgan fingerprint density at radius 3 is 2.50 bits per heavy atom. The number of carboxylic acids is 1. The number of halogens is 2. The first-order chi connectivity index (χ1) is 8.40. The number of ketones is 1. The lowest BCUT2D eigenvalue weighted by atomic mass is 9.95. The first-order valence-corrected chi connectivity index (χ1v) is 6.72. The van der Waals surface area contributed by atoms with E-state index in [-0.39, 0.29) is 16.7 Å². The molecule has 0 heterocycles. The molecule has 0 amide bonds. The van der Waals surface area contributed by atoms with Crippen molar-refractivity contribution in [1.82, 2.24) is 0 Å². The molecule has 4 nitrogen and oxygen atoms in total. The van der Waals surface area contributed by atoms with Gasteiger partial charge in [0.2, 0.25) is 0 Å². The molecule has 1 aromatic rings. The van der Waals surface area contributed by atoms with E-state index in [1.165, 1.54) is 12.1 Å². The molecule has 0 aromatic heterocycles. The molecule has 98 valence electrons. The van der Waals surface area contributed by atoms with Crippen molar-refractivity contribution in [2.45, 2.75) is 23.7 Å². The van der Waals surface area contributed by atoms with Crippen molar-refractivity contribution in [3.05, 3.63) is 34.9 Å². The second kappa shape index (κ2) is 6.31. The van der Waals surface area contributed by atoms with Gasteiger partial charge in [0.15, 0.2) is 11.9 Å². The lowest BCUT2D eigenvalue weighted by Gasteiger charge is -2.15. The molecule has 2 atom stereocenters. The summed E-state index contributed by atoms with van der Waals surface area (Å²) >= 11 is 8.94. The van der Waals surface area contributed by atoms with Crippen LogP contribution in [0.15, 0.2) is 18.2 Å².